The second-order valence-electron chi connectivity index (χ2n) is 10.2. The van der Waals surface area contributed by atoms with Crippen LogP contribution in [-0.2, 0) is 4.79 Å². The summed E-state index contributed by atoms with van der Waals surface area (Å²) in [5, 5.41) is 18.4. The molecule has 5 rings (SSSR count). The van der Waals surface area contributed by atoms with Gasteiger partial charge in [-0.25, -0.2) is 4.79 Å². The minimum Gasteiger partial charge on any atom is -0.480 e. The predicted octanol–water partition coefficient (Wildman–Crippen LogP) is 6.91. The van der Waals surface area contributed by atoms with Crippen molar-refractivity contribution < 1.29 is 14.7 Å². The standard InChI is InChI=1S/C28H32Cl2N4O3.ClH/c29-23-10-9-20(15-24(23)30)33-28(37)34-13-11-18(12-14-34)26(27(35)36)32-19-7-5-17(6-8-19)22-16-31-25-4-2-1-3-21(22)25;/h1-4,9-10,15-19,26,31-32H,5-8,11-14H2,(H,33,37)(H,35,36);1H. The lowest BCUT2D eigenvalue weighted by Gasteiger charge is -2.37. The molecule has 1 unspecified atom stereocenters. The number of piperidine rings is 1. The van der Waals surface area contributed by atoms with Gasteiger partial charge in [-0.2, -0.15) is 0 Å². The molecule has 10 heteroatoms. The van der Waals surface area contributed by atoms with Gasteiger partial charge < -0.3 is 25.6 Å². The van der Waals surface area contributed by atoms with E-state index in [-0.39, 0.29) is 30.4 Å². The molecule has 2 amide bonds. The third kappa shape index (κ3) is 6.40. The number of hydrogen-bond acceptors (Lipinski definition) is 3. The predicted molar refractivity (Wildman–Crippen MR) is 155 cm³/mol. The molecule has 1 aliphatic carbocycles. The number of fused-ring (bicyclic) bond motifs is 1. The van der Waals surface area contributed by atoms with E-state index in [0.29, 0.717) is 47.6 Å². The van der Waals surface area contributed by atoms with Crippen LogP contribution in [0.25, 0.3) is 10.9 Å². The second kappa shape index (κ2) is 12.6. The van der Waals surface area contributed by atoms with Crippen molar-refractivity contribution in [3.05, 3.63) is 64.3 Å². The number of carboxylic acid groups (broad SMARTS) is 1. The van der Waals surface area contributed by atoms with Gasteiger partial charge in [0.15, 0.2) is 0 Å². The van der Waals surface area contributed by atoms with Crippen molar-refractivity contribution in [2.75, 3.05) is 18.4 Å². The number of aromatic nitrogens is 1. The summed E-state index contributed by atoms with van der Waals surface area (Å²) in [7, 11) is 0. The number of rotatable bonds is 6. The maximum atomic E-state index is 12.7. The summed E-state index contributed by atoms with van der Waals surface area (Å²) in [6.07, 6.45) is 7.41. The summed E-state index contributed by atoms with van der Waals surface area (Å²) in [6.45, 7) is 1.02. The number of benzene rings is 2. The third-order valence-electron chi connectivity index (χ3n) is 7.94. The highest BCUT2D eigenvalue weighted by Crippen LogP contribution is 2.37. The van der Waals surface area contributed by atoms with Crippen LogP contribution in [0.1, 0.15) is 50.0 Å². The van der Waals surface area contributed by atoms with Crippen molar-refractivity contribution in [1.29, 1.82) is 0 Å². The molecule has 2 aromatic carbocycles. The van der Waals surface area contributed by atoms with Crippen molar-refractivity contribution >= 4 is 64.2 Å². The van der Waals surface area contributed by atoms with Crippen molar-refractivity contribution in [1.82, 2.24) is 15.2 Å². The van der Waals surface area contributed by atoms with Gasteiger partial charge in [0.25, 0.3) is 0 Å². The Hall–Kier alpha value is -2.45. The average Bonchev–Trinajstić information content (AvgIpc) is 3.34. The number of aromatic amines is 1. The van der Waals surface area contributed by atoms with Crippen molar-refractivity contribution in [2.45, 2.75) is 56.5 Å². The van der Waals surface area contributed by atoms with Gasteiger partial charge >= 0.3 is 12.0 Å². The number of para-hydroxylation sites is 1. The molecule has 2 aliphatic rings. The molecule has 2 fully saturated rings. The monoisotopic (exact) mass is 578 g/mol. The Balaban J connectivity index is 0.00000336. The molecule has 3 aromatic rings. The van der Waals surface area contributed by atoms with Crippen LogP contribution in [0, 0.1) is 5.92 Å². The number of amides is 2. The molecule has 0 bridgehead atoms. The van der Waals surface area contributed by atoms with E-state index in [2.05, 4.69) is 40.0 Å². The van der Waals surface area contributed by atoms with E-state index in [1.54, 1.807) is 23.1 Å². The van der Waals surface area contributed by atoms with Crippen LogP contribution < -0.4 is 10.6 Å². The number of carbonyl (C=O) groups excluding carboxylic acids is 1. The fraction of sp³-hybridized carbons (Fsp3) is 0.429. The lowest BCUT2D eigenvalue weighted by atomic mass is 9.80. The van der Waals surface area contributed by atoms with E-state index in [4.69, 9.17) is 23.2 Å². The molecule has 1 saturated heterocycles. The molecule has 0 radical (unpaired) electrons. The number of halogens is 3. The Morgan fingerprint density at radius 1 is 0.974 bits per heavy atom. The number of hydrogen-bond donors (Lipinski definition) is 4. The van der Waals surface area contributed by atoms with Gasteiger partial charge in [0, 0.05) is 41.9 Å². The SMILES string of the molecule is Cl.O=C(O)C(NC1CCC(c2c[nH]c3ccccc23)CC1)C1CCN(C(=O)Nc2ccc(Cl)c(Cl)c2)CC1. The van der Waals surface area contributed by atoms with Crippen LogP contribution >= 0.6 is 35.6 Å². The molecule has 7 nitrogen and oxygen atoms in total. The fourth-order valence-corrected chi connectivity index (χ4v) is 6.18. The van der Waals surface area contributed by atoms with Crippen molar-refractivity contribution in [3.8, 4) is 0 Å². The first-order chi connectivity index (χ1) is 17.9. The number of nitrogens with zero attached hydrogens (tertiary/aromatic N) is 1. The number of carboxylic acids is 1. The quantitative estimate of drug-likeness (QED) is 0.255. The second-order valence-corrected chi connectivity index (χ2v) is 11.0. The summed E-state index contributed by atoms with van der Waals surface area (Å²) >= 11 is 12.0. The summed E-state index contributed by atoms with van der Waals surface area (Å²) in [6, 6.07) is 12.7. The zero-order chi connectivity index (χ0) is 25.9. The first kappa shape index (κ1) is 28.6. The summed E-state index contributed by atoms with van der Waals surface area (Å²) in [4.78, 5) is 30.0. The molecule has 0 spiro atoms. The fourth-order valence-electron chi connectivity index (χ4n) is 5.88. The van der Waals surface area contributed by atoms with E-state index in [1.807, 2.05) is 6.07 Å². The topological polar surface area (TPSA) is 97.5 Å². The number of carbonyl (C=O) groups is 2. The highest BCUT2D eigenvalue weighted by atomic mass is 35.5. The molecule has 204 valence electrons. The lowest BCUT2D eigenvalue weighted by molar-refractivity contribution is -0.141. The number of likely N-dealkylation sites (tertiary alicyclic amines) is 1. The molecule has 4 N–H and O–H groups in total. The van der Waals surface area contributed by atoms with Gasteiger partial charge in [-0.1, -0.05) is 41.4 Å². The first-order valence-electron chi connectivity index (χ1n) is 12.9. The van der Waals surface area contributed by atoms with Crippen LogP contribution in [-0.4, -0.2) is 52.2 Å². The van der Waals surface area contributed by atoms with Crippen LogP contribution in [0.5, 0.6) is 0 Å². The molecule has 1 aromatic heterocycles. The smallest absolute Gasteiger partial charge is 0.321 e. The zero-order valence-corrected chi connectivity index (χ0v) is 23.3. The highest BCUT2D eigenvalue weighted by Gasteiger charge is 2.35. The molecule has 1 saturated carbocycles. The number of urea groups is 1. The van der Waals surface area contributed by atoms with E-state index in [1.165, 1.54) is 16.5 Å². The molecular formula is C28H33Cl3N4O3. The van der Waals surface area contributed by atoms with Crippen molar-refractivity contribution in [3.63, 3.8) is 0 Å². The summed E-state index contributed by atoms with van der Waals surface area (Å²) < 4.78 is 0. The molecule has 1 aliphatic heterocycles. The Kier molecular flexibility index (Phi) is 9.47. The Morgan fingerprint density at radius 3 is 2.37 bits per heavy atom. The Labute approximate surface area is 238 Å². The van der Waals surface area contributed by atoms with Crippen LogP contribution in [0.2, 0.25) is 10.0 Å². The maximum Gasteiger partial charge on any atom is 0.321 e. The lowest BCUT2D eigenvalue weighted by Crippen LogP contribution is -2.52. The van der Waals surface area contributed by atoms with E-state index < -0.39 is 12.0 Å². The number of nitrogens with one attached hydrogen (secondary N) is 3. The molecular weight excluding hydrogens is 547 g/mol. The normalized spacial score (nSPS) is 21.1. The number of aliphatic carboxylic acids is 1. The van der Waals surface area contributed by atoms with Crippen LogP contribution in [0.3, 0.4) is 0 Å². The van der Waals surface area contributed by atoms with Gasteiger partial charge in [0.1, 0.15) is 6.04 Å². The van der Waals surface area contributed by atoms with E-state index in [0.717, 1.165) is 25.7 Å². The summed E-state index contributed by atoms with van der Waals surface area (Å²) in [5.41, 5.74) is 3.12. The third-order valence-corrected chi connectivity index (χ3v) is 8.68. The Morgan fingerprint density at radius 2 is 1.68 bits per heavy atom. The van der Waals surface area contributed by atoms with Gasteiger partial charge in [0.05, 0.1) is 10.0 Å². The Bertz CT molecular complexity index is 1270. The van der Waals surface area contributed by atoms with E-state index >= 15 is 0 Å². The van der Waals surface area contributed by atoms with Gasteiger partial charge in [-0.05, 0) is 80.2 Å². The maximum absolute atomic E-state index is 12.7. The van der Waals surface area contributed by atoms with Crippen LogP contribution in [0.15, 0.2) is 48.7 Å². The van der Waals surface area contributed by atoms with Crippen LogP contribution in [0.4, 0.5) is 10.5 Å². The molecule has 2 heterocycles. The van der Waals surface area contributed by atoms with Gasteiger partial charge in [-0.3, -0.25) is 4.79 Å². The minimum absolute atomic E-state index is 0. The largest absolute Gasteiger partial charge is 0.480 e. The van der Waals surface area contributed by atoms with Gasteiger partial charge in [-0.15, -0.1) is 12.4 Å². The number of anilines is 1. The van der Waals surface area contributed by atoms with E-state index in [9.17, 15) is 14.7 Å². The highest BCUT2D eigenvalue weighted by molar-refractivity contribution is 6.42. The number of H-pyrrole nitrogens is 1. The zero-order valence-electron chi connectivity index (χ0n) is 21.0. The van der Waals surface area contributed by atoms with Crippen molar-refractivity contribution in [2.24, 2.45) is 5.92 Å². The minimum atomic E-state index is -0.808. The average molecular weight is 580 g/mol. The first-order valence-corrected chi connectivity index (χ1v) is 13.7. The van der Waals surface area contributed by atoms with Gasteiger partial charge in [0.2, 0.25) is 0 Å². The molecule has 38 heavy (non-hydrogen) atoms. The molecule has 1 atom stereocenters. The summed E-state index contributed by atoms with van der Waals surface area (Å²) in [5.74, 6) is -0.329.